The highest BCUT2D eigenvalue weighted by Gasteiger charge is 2.23. The van der Waals surface area contributed by atoms with Crippen molar-refractivity contribution in [2.24, 2.45) is 5.73 Å². The third-order valence-corrected chi connectivity index (χ3v) is 3.66. The van der Waals surface area contributed by atoms with E-state index in [2.05, 4.69) is 4.90 Å². The van der Waals surface area contributed by atoms with Crippen molar-refractivity contribution < 1.29 is 14.3 Å². The summed E-state index contributed by atoms with van der Waals surface area (Å²) in [7, 11) is 1.65. The summed E-state index contributed by atoms with van der Waals surface area (Å²) in [5.74, 6) is 0.815. The monoisotopic (exact) mass is 293 g/mol. The first-order chi connectivity index (χ1) is 10.2. The zero-order valence-electron chi connectivity index (χ0n) is 12.7. The van der Waals surface area contributed by atoms with Gasteiger partial charge in [-0.05, 0) is 18.6 Å². The number of benzene rings is 1. The number of hydrogen-bond donors (Lipinski definition) is 1. The predicted molar refractivity (Wildman–Crippen MR) is 81.7 cm³/mol. The molecule has 6 heteroatoms. The number of methoxy groups -OCH3 is 1. The van der Waals surface area contributed by atoms with Gasteiger partial charge in [-0.15, -0.1) is 0 Å². The zero-order chi connectivity index (χ0) is 15.2. The molecular formula is C15H23N3O3. The standard InChI is InChI=1S/C15H23N3O3/c1-3-21-15(19)18-8-6-17(7-9-18)14-10-13(20-2)5-4-12(14)11-16/h4-5,10H,3,6-9,11,16H2,1-2H3. The van der Waals surface area contributed by atoms with Crippen LogP contribution in [-0.4, -0.2) is 50.9 Å². The van der Waals surface area contributed by atoms with Crippen molar-refractivity contribution in [2.45, 2.75) is 13.5 Å². The number of ether oxygens (including phenoxy) is 2. The summed E-state index contributed by atoms with van der Waals surface area (Å²) in [4.78, 5) is 15.7. The Balaban J connectivity index is 2.06. The molecule has 1 saturated heterocycles. The number of nitrogens with zero attached hydrogens (tertiary/aromatic N) is 2. The second-order valence-electron chi connectivity index (χ2n) is 4.87. The van der Waals surface area contributed by atoms with Crippen molar-refractivity contribution in [3.05, 3.63) is 23.8 Å². The topological polar surface area (TPSA) is 68.0 Å². The second-order valence-corrected chi connectivity index (χ2v) is 4.87. The zero-order valence-corrected chi connectivity index (χ0v) is 12.7. The van der Waals surface area contributed by atoms with Gasteiger partial charge in [0.1, 0.15) is 5.75 Å². The number of nitrogens with two attached hydrogens (primary N) is 1. The minimum Gasteiger partial charge on any atom is -0.497 e. The average Bonchev–Trinajstić information content (AvgIpc) is 2.54. The molecule has 0 saturated carbocycles. The molecule has 0 atom stereocenters. The normalized spacial score (nSPS) is 15.0. The summed E-state index contributed by atoms with van der Waals surface area (Å²) >= 11 is 0. The third-order valence-electron chi connectivity index (χ3n) is 3.66. The minimum atomic E-state index is -0.234. The lowest BCUT2D eigenvalue weighted by atomic mass is 10.1. The van der Waals surface area contributed by atoms with Gasteiger partial charge in [0.25, 0.3) is 0 Å². The highest BCUT2D eigenvalue weighted by molar-refractivity contribution is 5.68. The number of amides is 1. The molecule has 21 heavy (non-hydrogen) atoms. The maximum atomic E-state index is 11.7. The summed E-state index contributed by atoms with van der Waals surface area (Å²) in [6.07, 6.45) is -0.234. The number of carbonyl (C=O) groups excluding carboxylic acids is 1. The lowest BCUT2D eigenvalue weighted by Crippen LogP contribution is -2.49. The van der Waals surface area contributed by atoms with Crippen molar-refractivity contribution >= 4 is 11.8 Å². The Morgan fingerprint density at radius 2 is 2.00 bits per heavy atom. The molecule has 0 radical (unpaired) electrons. The molecule has 0 unspecified atom stereocenters. The van der Waals surface area contributed by atoms with E-state index >= 15 is 0 Å². The van der Waals surface area contributed by atoms with Crippen LogP contribution in [0.4, 0.5) is 10.5 Å². The first kappa shape index (κ1) is 15.4. The largest absolute Gasteiger partial charge is 0.497 e. The highest BCUT2D eigenvalue weighted by atomic mass is 16.6. The lowest BCUT2D eigenvalue weighted by molar-refractivity contribution is 0.105. The molecule has 0 aromatic heterocycles. The van der Waals surface area contributed by atoms with Crippen LogP contribution in [0.25, 0.3) is 0 Å². The fraction of sp³-hybridized carbons (Fsp3) is 0.533. The Hall–Kier alpha value is -1.95. The molecule has 1 fully saturated rings. The van der Waals surface area contributed by atoms with E-state index in [-0.39, 0.29) is 6.09 Å². The van der Waals surface area contributed by atoms with Gasteiger partial charge in [0, 0.05) is 44.5 Å². The van der Waals surface area contributed by atoms with E-state index in [1.54, 1.807) is 12.0 Å². The maximum Gasteiger partial charge on any atom is 0.409 e. The van der Waals surface area contributed by atoms with Crippen molar-refractivity contribution in [3.8, 4) is 5.75 Å². The number of hydrogen-bond acceptors (Lipinski definition) is 5. The van der Waals surface area contributed by atoms with Crippen molar-refractivity contribution in [1.82, 2.24) is 4.90 Å². The van der Waals surface area contributed by atoms with Crippen LogP contribution in [0.1, 0.15) is 12.5 Å². The van der Waals surface area contributed by atoms with E-state index in [0.717, 1.165) is 30.1 Å². The summed E-state index contributed by atoms with van der Waals surface area (Å²) in [6.45, 7) is 5.54. The lowest BCUT2D eigenvalue weighted by Gasteiger charge is -2.36. The molecule has 1 amide bonds. The fourth-order valence-electron chi connectivity index (χ4n) is 2.48. The number of piperazine rings is 1. The van der Waals surface area contributed by atoms with E-state index in [0.29, 0.717) is 26.2 Å². The third kappa shape index (κ3) is 3.58. The van der Waals surface area contributed by atoms with Gasteiger partial charge in [-0.1, -0.05) is 6.07 Å². The van der Waals surface area contributed by atoms with Gasteiger partial charge in [-0.2, -0.15) is 0 Å². The molecule has 1 heterocycles. The molecule has 116 valence electrons. The molecule has 0 spiro atoms. The summed E-state index contributed by atoms with van der Waals surface area (Å²) < 4.78 is 10.3. The van der Waals surface area contributed by atoms with Crippen LogP contribution in [0.5, 0.6) is 5.75 Å². The van der Waals surface area contributed by atoms with Crippen molar-refractivity contribution in [2.75, 3.05) is 44.8 Å². The van der Waals surface area contributed by atoms with Crippen LogP contribution in [0, 0.1) is 0 Å². The van der Waals surface area contributed by atoms with E-state index < -0.39 is 0 Å². The first-order valence-electron chi connectivity index (χ1n) is 7.23. The first-order valence-corrected chi connectivity index (χ1v) is 7.23. The van der Waals surface area contributed by atoms with E-state index in [1.807, 2.05) is 25.1 Å². The van der Waals surface area contributed by atoms with E-state index in [9.17, 15) is 4.79 Å². The molecule has 1 aliphatic rings. The Labute approximate surface area is 125 Å². The fourth-order valence-corrected chi connectivity index (χ4v) is 2.48. The Morgan fingerprint density at radius 3 is 2.57 bits per heavy atom. The molecule has 1 aromatic carbocycles. The maximum absolute atomic E-state index is 11.7. The summed E-state index contributed by atoms with van der Waals surface area (Å²) in [5.41, 5.74) is 7.98. The van der Waals surface area contributed by atoms with Crippen LogP contribution in [0.3, 0.4) is 0 Å². The van der Waals surface area contributed by atoms with Gasteiger partial charge in [-0.3, -0.25) is 0 Å². The highest BCUT2D eigenvalue weighted by Crippen LogP contribution is 2.27. The smallest absolute Gasteiger partial charge is 0.409 e. The Morgan fingerprint density at radius 1 is 1.29 bits per heavy atom. The predicted octanol–water partition coefficient (Wildman–Crippen LogP) is 1.43. The molecule has 0 aliphatic carbocycles. The van der Waals surface area contributed by atoms with Gasteiger partial charge in [0.05, 0.1) is 13.7 Å². The number of rotatable bonds is 4. The van der Waals surface area contributed by atoms with Gasteiger partial charge in [-0.25, -0.2) is 4.79 Å². The van der Waals surface area contributed by atoms with Crippen LogP contribution in [-0.2, 0) is 11.3 Å². The molecular weight excluding hydrogens is 270 g/mol. The summed E-state index contributed by atoms with van der Waals surface area (Å²) in [6, 6.07) is 5.91. The molecule has 1 aromatic rings. The van der Waals surface area contributed by atoms with E-state index in [4.69, 9.17) is 15.2 Å². The van der Waals surface area contributed by atoms with Gasteiger partial charge in [0.15, 0.2) is 0 Å². The van der Waals surface area contributed by atoms with E-state index in [1.165, 1.54) is 0 Å². The quantitative estimate of drug-likeness (QED) is 0.909. The molecule has 2 rings (SSSR count). The molecule has 1 aliphatic heterocycles. The van der Waals surface area contributed by atoms with Crippen LogP contribution >= 0.6 is 0 Å². The van der Waals surface area contributed by atoms with Crippen LogP contribution in [0.15, 0.2) is 18.2 Å². The van der Waals surface area contributed by atoms with Gasteiger partial charge >= 0.3 is 6.09 Å². The average molecular weight is 293 g/mol. The second kappa shape index (κ2) is 7.17. The van der Waals surface area contributed by atoms with Crippen molar-refractivity contribution in [1.29, 1.82) is 0 Å². The molecule has 6 nitrogen and oxygen atoms in total. The Kier molecular flexibility index (Phi) is 5.27. The van der Waals surface area contributed by atoms with Crippen molar-refractivity contribution in [3.63, 3.8) is 0 Å². The SMILES string of the molecule is CCOC(=O)N1CCN(c2cc(OC)ccc2CN)CC1. The van der Waals surface area contributed by atoms with Crippen LogP contribution in [0.2, 0.25) is 0 Å². The van der Waals surface area contributed by atoms with Gasteiger partial charge in [0.2, 0.25) is 0 Å². The molecule has 2 N–H and O–H groups in total. The Bertz CT molecular complexity index is 485. The number of anilines is 1. The molecule has 0 bridgehead atoms. The summed E-state index contributed by atoms with van der Waals surface area (Å²) in [5, 5.41) is 0. The van der Waals surface area contributed by atoms with Gasteiger partial charge < -0.3 is 25.0 Å². The number of carbonyl (C=O) groups is 1. The minimum absolute atomic E-state index is 0.234. The van der Waals surface area contributed by atoms with Crippen LogP contribution < -0.4 is 15.4 Å².